The van der Waals surface area contributed by atoms with E-state index in [1.54, 1.807) is 6.07 Å². The topological polar surface area (TPSA) is 65.2 Å². The molecule has 1 saturated heterocycles. The maximum absolute atomic E-state index is 12.4. The summed E-state index contributed by atoms with van der Waals surface area (Å²) in [5, 5.41) is 3.43. The van der Waals surface area contributed by atoms with Crippen molar-refractivity contribution in [2.45, 2.75) is 32.5 Å². The molecule has 1 aliphatic rings. The van der Waals surface area contributed by atoms with Crippen LogP contribution in [0.25, 0.3) is 10.9 Å². The Balaban J connectivity index is 1.73. The fourth-order valence-corrected chi connectivity index (χ4v) is 3.06. The predicted octanol–water partition coefficient (Wildman–Crippen LogP) is 2.68. The second kappa shape index (κ2) is 6.09. The van der Waals surface area contributed by atoms with Crippen molar-refractivity contribution in [2.24, 2.45) is 0 Å². The van der Waals surface area contributed by atoms with E-state index in [-0.39, 0.29) is 18.7 Å². The zero-order chi connectivity index (χ0) is 18.4. The number of likely N-dealkylation sites (tertiary alicyclic amines) is 1. The highest BCUT2D eigenvalue weighted by molar-refractivity contribution is 6.01. The van der Waals surface area contributed by atoms with Crippen LogP contribution in [-0.2, 0) is 4.79 Å². The molecule has 2 aromatic rings. The lowest BCUT2D eigenvalue weighted by atomic mass is 10.1. The van der Waals surface area contributed by atoms with Crippen molar-refractivity contribution in [3.8, 4) is 0 Å². The van der Waals surface area contributed by atoms with Gasteiger partial charge in [-0.2, -0.15) is 13.2 Å². The number of hydrogen-bond donors (Lipinski definition) is 2. The summed E-state index contributed by atoms with van der Waals surface area (Å²) in [5.74, 6) is -1.20. The smallest absolute Gasteiger partial charge is 0.351 e. The van der Waals surface area contributed by atoms with Crippen LogP contribution in [-0.4, -0.2) is 47.0 Å². The van der Waals surface area contributed by atoms with E-state index in [9.17, 15) is 22.8 Å². The van der Waals surface area contributed by atoms with Gasteiger partial charge in [0.05, 0.1) is 0 Å². The lowest BCUT2D eigenvalue weighted by Gasteiger charge is -2.18. The van der Waals surface area contributed by atoms with E-state index in [2.05, 4.69) is 10.3 Å². The van der Waals surface area contributed by atoms with Gasteiger partial charge in [-0.1, -0.05) is 6.07 Å². The second-order valence-electron chi connectivity index (χ2n) is 6.34. The monoisotopic (exact) mass is 353 g/mol. The number of rotatable bonds is 3. The number of benzene rings is 1. The second-order valence-corrected chi connectivity index (χ2v) is 6.34. The Morgan fingerprint density at radius 3 is 2.76 bits per heavy atom. The molecule has 0 saturated carbocycles. The van der Waals surface area contributed by atoms with Crippen LogP contribution in [0.4, 0.5) is 13.2 Å². The van der Waals surface area contributed by atoms with Gasteiger partial charge < -0.3 is 15.2 Å². The highest BCUT2D eigenvalue weighted by Gasteiger charge is 2.39. The van der Waals surface area contributed by atoms with Crippen LogP contribution in [0, 0.1) is 13.8 Å². The van der Waals surface area contributed by atoms with Crippen LogP contribution < -0.4 is 5.32 Å². The molecule has 5 nitrogen and oxygen atoms in total. The van der Waals surface area contributed by atoms with Crippen molar-refractivity contribution in [3.05, 3.63) is 35.0 Å². The largest absolute Gasteiger partial charge is 0.406 e. The number of aromatic amines is 1. The maximum atomic E-state index is 12.4. The molecule has 1 aromatic carbocycles. The Bertz CT molecular complexity index is 842. The summed E-state index contributed by atoms with van der Waals surface area (Å²) in [5.41, 5.74) is 3.21. The number of nitrogens with zero attached hydrogens (tertiary/aromatic N) is 1. The minimum absolute atomic E-state index is 0.0195. The number of carbonyl (C=O) groups excluding carboxylic acids is 2. The van der Waals surface area contributed by atoms with Crippen LogP contribution in [0.5, 0.6) is 0 Å². The summed E-state index contributed by atoms with van der Waals surface area (Å²) < 4.78 is 37.3. The van der Waals surface area contributed by atoms with Crippen molar-refractivity contribution in [1.82, 2.24) is 15.2 Å². The molecule has 2 amide bonds. The zero-order valence-corrected chi connectivity index (χ0v) is 13.8. The van der Waals surface area contributed by atoms with Crippen molar-refractivity contribution < 1.29 is 22.8 Å². The molecule has 1 aliphatic heterocycles. The molecule has 1 fully saturated rings. The maximum Gasteiger partial charge on any atom is 0.406 e. The van der Waals surface area contributed by atoms with E-state index < -0.39 is 30.6 Å². The van der Waals surface area contributed by atoms with Gasteiger partial charge in [0.25, 0.3) is 5.91 Å². The third-order valence-corrected chi connectivity index (χ3v) is 4.56. The van der Waals surface area contributed by atoms with Crippen molar-refractivity contribution in [1.29, 1.82) is 0 Å². The Morgan fingerprint density at radius 1 is 1.36 bits per heavy atom. The van der Waals surface area contributed by atoms with E-state index in [0.29, 0.717) is 0 Å². The first-order valence-corrected chi connectivity index (χ1v) is 7.91. The third-order valence-electron chi connectivity index (χ3n) is 4.56. The van der Waals surface area contributed by atoms with E-state index in [1.165, 1.54) is 0 Å². The number of H-pyrrole nitrogens is 1. The molecular weight excluding hydrogens is 335 g/mol. The fraction of sp³-hybridized carbons (Fsp3) is 0.412. The number of aryl methyl sites for hydroxylation is 2. The molecule has 0 bridgehead atoms. The molecule has 1 aromatic heterocycles. The number of carbonyl (C=O) groups is 2. The van der Waals surface area contributed by atoms with Crippen molar-refractivity contribution in [2.75, 3.05) is 13.1 Å². The van der Waals surface area contributed by atoms with E-state index >= 15 is 0 Å². The average Bonchev–Trinajstić information content (AvgIpc) is 3.09. The van der Waals surface area contributed by atoms with Crippen molar-refractivity contribution >= 4 is 22.7 Å². The minimum atomic E-state index is -4.44. The van der Waals surface area contributed by atoms with Crippen LogP contribution in [0.3, 0.4) is 0 Å². The number of amides is 2. The van der Waals surface area contributed by atoms with Crippen LogP contribution in [0.2, 0.25) is 0 Å². The standard InChI is InChI=1S/C17H18F3N3O2/c1-9-3-4-12-11(10(9)2)7-14(21-12)15(24)22-13-5-6-23(16(13)25)8-17(18,19)20/h3-4,7,13,21H,5-6,8H2,1-2H3,(H,22,24). The molecule has 0 radical (unpaired) electrons. The SMILES string of the molecule is Cc1ccc2[nH]c(C(=O)NC3CCN(CC(F)(F)F)C3=O)cc2c1C. The lowest BCUT2D eigenvalue weighted by molar-refractivity contribution is -0.157. The molecule has 2 heterocycles. The average molecular weight is 353 g/mol. The molecular formula is C17H18F3N3O2. The zero-order valence-electron chi connectivity index (χ0n) is 13.8. The van der Waals surface area contributed by atoms with Gasteiger partial charge in [0, 0.05) is 17.4 Å². The lowest BCUT2D eigenvalue weighted by Crippen LogP contribution is -2.43. The molecule has 8 heteroatoms. The van der Waals surface area contributed by atoms with Crippen LogP contribution in [0.1, 0.15) is 28.0 Å². The molecule has 3 rings (SSSR count). The van der Waals surface area contributed by atoms with Gasteiger partial charge in [0.1, 0.15) is 18.3 Å². The molecule has 134 valence electrons. The van der Waals surface area contributed by atoms with Crippen LogP contribution in [0.15, 0.2) is 18.2 Å². The fourth-order valence-electron chi connectivity index (χ4n) is 3.06. The van der Waals surface area contributed by atoms with Gasteiger partial charge >= 0.3 is 6.18 Å². The Hall–Kier alpha value is -2.51. The first-order chi connectivity index (χ1) is 11.7. The van der Waals surface area contributed by atoms with E-state index in [1.807, 2.05) is 26.0 Å². The highest BCUT2D eigenvalue weighted by Crippen LogP contribution is 2.23. The van der Waals surface area contributed by atoms with Gasteiger partial charge in [0.2, 0.25) is 5.91 Å². The predicted molar refractivity (Wildman–Crippen MR) is 86.3 cm³/mol. The summed E-state index contributed by atoms with van der Waals surface area (Å²) >= 11 is 0. The highest BCUT2D eigenvalue weighted by atomic mass is 19.4. The Labute approximate surface area is 142 Å². The molecule has 0 aliphatic carbocycles. The molecule has 1 atom stereocenters. The summed E-state index contributed by atoms with van der Waals surface area (Å²) in [6, 6.07) is 4.56. The Kier molecular flexibility index (Phi) is 4.22. The van der Waals surface area contributed by atoms with Gasteiger partial charge in [0.15, 0.2) is 0 Å². The van der Waals surface area contributed by atoms with Crippen molar-refractivity contribution in [3.63, 3.8) is 0 Å². The van der Waals surface area contributed by atoms with Crippen LogP contribution >= 0.6 is 0 Å². The third kappa shape index (κ3) is 3.47. The molecule has 2 N–H and O–H groups in total. The van der Waals surface area contributed by atoms with E-state index in [0.717, 1.165) is 26.9 Å². The minimum Gasteiger partial charge on any atom is -0.351 e. The summed E-state index contributed by atoms with van der Waals surface area (Å²) in [7, 11) is 0. The number of hydrogen-bond acceptors (Lipinski definition) is 2. The first-order valence-electron chi connectivity index (χ1n) is 7.91. The first kappa shape index (κ1) is 17.3. The summed E-state index contributed by atoms with van der Waals surface area (Å²) in [4.78, 5) is 28.1. The van der Waals surface area contributed by atoms with Gasteiger partial charge in [-0.15, -0.1) is 0 Å². The summed E-state index contributed by atoms with van der Waals surface area (Å²) in [6.07, 6.45) is -4.28. The van der Waals surface area contributed by atoms with E-state index in [4.69, 9.17) is 0 Å². The van der Waals surface area contributed by atoms with Gasteiger partial charge in [-0.3, -0.25) is 9.59 Å². The normalized spacial score (nSPS) is 18.2. The number of aromatic nitrogens is 1. The molecule has 1 unspecified atom stereocenters. The molecule has 25 heavy (non-hydrogen) atoms. The summed E-state index contributed by atoms with van der Waals surface area (Å²) in [6.45, 7) is 2.61. The number of alkyl halides is 3. The number of halogens is 3. The quantitative estimate of drug-likeness (QED) is 0.891. The van der Waals surface area contributed by atoms with Gasteiger partial charge in [-0.05, 0) is 43.5 Å². The molecule has 0 spiro atoms. The number of nitrogens with one attached hydrogen (secondary N) is 2. The number of fused-ring (bicyclic) bond motifs is 1. The Morgan fingerprint density at radius 2 is 2.08 bits per heavy atom. The van der Waals surface area contributed by atoms with Gasteiger partial charge in [-0.25, -0.2) is 0 Å².